The zero-order chi connectivity index (χ0) is 15.4. The lowest BCUT2D eigenvalue weighted by atomic mass is 9.93. The van der Waals surface area contributed by atoms with Crippen molar-refractivity contribution in [3.8, 4) is 0 Å². The summed E-state index contributed by atoms with van der Waals surface area (Å²) >= 11 is 0. The Morgan fingerprint density at radius 3 is 2.73 bits per heavy atom. The fraction of sp³-hybridized carbons (Fsp3) is 0.647. The Kier molecular flexibility index (Phi) is 5.05. The molecule has 1 aromatic rings. The first-order chi connectivity index (χ1) is 10.7. The van der Waals surface area contributed by atoms with Gasteiger partial charge >= 0.3 is 0 Å². The Morgan fingerprint density at radius 2 is 2.05 bits per heavy atom. The third kappa shape index (κ3) is 3.84. The summed E-state index contributed by atoms with van der Waals surface area (Å²) in [5.74, 6) is 0.714. The highest BCUT2D eigenvalue weighted by atomic mass is 16.5. The van der Waals surface area contributed by atoms with Crippen molar-refractivity contribution in [3.05, 3.63) is 30.1 Å². The average molecular weight is 303 g/mol. The zero-order valence-electron chi connectivity index (χ0n) is 13.2. The maximum absolute atomic E-state index is 11.4. The molecule has 22 heavy (non-hydrogen) atoms. The van der Waals surface area contributed by atoms with Crippen LogP contribution in [0.2, 0.25) is 0 Å². The third-order valence-corrected chi connectivity index (χ3v) is 4.84. The molecule has 2 aliphatic heterocycles. The fourth-order valence-electron chi connectivity index (χ4n) is 3.47. The minimum Gasteiger partial charge on any atom is -0.379 e. The van der Waals surface area contributed by atoms with Gasteiger partial charge in [0, 0.05) is 50.4 Å². The Labute approximate surface area is 132 Å². The Balaban J connectivity index is 1.50. The molecule has 0 saturated carbocycles. The van der Waals surface area contributed by atoms with Crippen molar-refractivity contribution >= 4 is 5.91 Å². The van der Waals surface area contributed by atoms with Crippen LogP contribution < -0.4 is 5.32 Å². The van der Waals surface area contributed by atoms with E-state index in [1.807, 2.05) is 17.3 Å². The largest absolute Gasteiger partial charge is 0.379 e. The highest BCUT2D eigenvalue weighted by Gasteiger charge is 2.31. The molecular weight excluding hydrogens is 278 g/mol. The van der Waals surface area contributed by atoms with Crippen molar-refractivity contribution in [1.82, 2.24) is 15.2 Å². The minimum absolute atomic E-state index is 0.193. The first kappa shape index (κ1) is 15.4. The first-order valence-corrected chi connectivity index (χ1v) is 8.20. The van der Waals surface area contributed by atoms with E-state index in [0.717, 1.165) is 45.6 Å². The van der Waals surface area contributed by atoms with Gasteiger partial charge in [-0.05, 0) is 37.0 Å². The Hall–Kier alpha value is -1.46. The van der Waals surface area contributed by atoms with Crippen LogP contribution in [0.5, 0.6) is 0 Å². The number of hydrogen-bond donors (Lipinski definition) is 1. The van der Waals surface area contributed by atoms with E-state index in [1.54, 1.807) is 6.92 Å². The highest BCUT2D eigenvalue weighted by molar-refractivity contribution is 5.73. The fourth-order valence-corrected chi connectivity index (χ4v) is 3.47. The predicted molar refractivity (Wildman–Crippen MR) is 84.4 cm³/mol. The van der Waals surface area contributed by atoms with E-state index in [4.69, 9.17) is 4.74 Å². The molecule has 2 saturated heterocycles. The van der Waals surface area contributed by atoms with E-state index in [1.165, 1.54) is 5.56 Å². The number of carbonyl (C=O) groups is 1. The van der Waals surface area contributed by atoms with Crippen LogP contribution in [-0.4, -0.2) is 54.2 Å². The summed E-state index contributed by atoms with van der Waals surface area (Å²) in [6.45, 7) is 5.02. The zero-order valence-corrected chi connectivity index (χ0v) is 13.2. The number of nitrogens with one attached hydrogen (secondary N) is 1. The van der Waals surface area contributed by atoms with Crippen LogP contribution in [0.4, 0.5) is 0 Å². The molecule has 0 aliphatic carbocycles. The standard InChI is InChI=1S/C17H25N3O2/c1-13(21)20-8-4-16(5-9-20)19-17-12-22-11-15(17)10-14-2-6-18-7-3-14/h2-3,6-7,15-17,19H,4-5,8-12H2,1H3/t15-,17+/m1/s1. The third-order valence-electron chi connectivity index (χ3n) is 4.84. The summed E-state index contributed by atoms with van der Waals surface area (Å²) in [5.41, 5.74) is 1.32. The normalized spacial score (nSPS) is 26.3. The Bertz CT molecular complexity index is 486. The second-order valence-electron chi connectivity index (χ2n) is 6.41. The number of aromatic nitrogens is 1. The molecule has 120 valence electrons. The quantitative estimate of drug-likeness (QED) is 0.909. The van der Waals surface area contributed by atoms with Crippen molar-refractivity contribution in [2.24, 2.45) is 5.92 Å². The summed E-state index contributed by atoms with van der Waals surface area (Å²) in [6, 6.07) is 5.09. The van der Waals surface area contributed by atoms with E-state index >= 15 is 0 Å². The number of carbonyl (C=O) groups excluding carboxylic acids is 1. The maximum atomic E-state index is 11.4. The lowest BCUT2D eigenvalue weighted by molar-refractivity contribution is -0.129. The number of ether oxygens (including phenoxy) is 1. The summed E-state index contributed by atoms with van der Waals surface area (Å²) in [4.78, 5) is 17.4. The predicted octanol–water partition coefficient (Wildman–Crippen LogP) is 1.24. The molecular formula is C17H25N3O2. The van der Waals surface area contributed by atoms with Crippen LogP contribution in [0.3, 0.4) is 0 Å². The second-order valence-corrected chi connectivity index (χ2v) is 6.41. The molecule has 0 spiro atoms. The molecule has 0 radical (unpaired) electrons. The van der Waals surface area contributed by atoms with Gasteiger partial charge in [-0.1, -0.05) is 0 Å². The Morgan fingerprint density at radius 1 is 1.32 bits per heavy atom. The second kappa shape index (κ2) is 7.20. The van der Waals surface area contributed by atoms with Crippen LogP contribution in [-0.2, 0) is 16.0 Å². The van der Waals surface area contributed by atoms with E-state index in [2.05, 4.69) is 22.4 Å². The highest BCUT2D eigenvalue weighted by Crippen LogP contribution is 2.21. The van der Waals surface area contributed by atoms with Crippen LogP contribution >= 0.6 is 0 Å². The summed E-state index contributed by atoms with van der Waals surface area (Å²) < 4.78 is 5.70. The number of rotatable bonds is 4. The molecule has 0 aromatic carbocycles. The summed E-state index contributed by atoms with van der Waals surface area (Å²) in [7, 11) is 0. The van der Waals surface area contributed by atoms with E-state index in [-0.39, 0.29) is 5.91 Å². The van der Waals surface area contributed by atoms with Crippen molar-refractivity contribution < 1.29 is 9.53 Å². The maximum Gasteiger partial charge on any atom is 0.219 e. The molecule has 3 rings (SSSR count). The van der Waals surface area contributed by atoms with Gasteiger partial charge in [-0.15, -0.1) is 0 Å². The molecule has 0 bridgehead atoms. The van der Waals surface area contributed by atoms with Gasteiger partial charge in [0.2, 0.25) is 5.91 Å². The lowest BCUT2D eigenvalue weighted by Gasteiger charge is -2.34. The number of likely N-dealkylation sites (tertiary alicyclic amines) is 1. The monoisotopic (exact) mass is 303 g/mol. The molecule has 1 aromatic heterocycles. The van der Waals surface area contributed by atoms with Gasteiger partial charge in [0.1, 0.15) is 0 Å². The molecule has 5 heteroatoms. The van der Waals surface area contributed by atoms with Crippen molar-refractivity contribution in [1.29, 1.82) is 0 Å². The van der Waals surface area contributed by atoms with Crippen LogP contribution in [0.15, 0.2) is 24.5 Å². The molecule has 3 heterocycles. The number of hydrogen-bond acceptors (Lipinski definition) is 4. The van der Waals surface area contributed by atoms with Gasteiger partial charge in [0.25, 0.3) is 0 Å². The molecule has 5 nitrogen and oxygen atoms in total. The number of pyridine rings is 1. The molecule has 2 atom stereocenters. The van der Waals surface area contributed by atoms with Gasteiger partial charge in [0.05, 0.1) is 13.2 Å². The van der Waals surface area contributed by atoms with E-state index in [9.17, 15) is 4.79 Å². The number of nitrogens with zero attached hydrogens (tertiary/aromatic N) is 2. The topological polar surface area (TPSA) is 54.5 Å². The SMILES string of the molecule is CC(=O)N1CCC(N[C@H]2COC[C@H]2Cc2ccncc2)CC1. The van der Waals surface area contributed by atoms with Gasteiger partial charge in [-0.2, -0.15) is 0 Å². The van der Waals surface area contributed by atoms with Crippen LogP contribution in [0.1, 0.15) is 25.3 Å². The molecule has 1 amide bonds. The molecule has 2 aliphatic rings. The minimum atomic E-state index is 0.193. The van der Waals surface area contributed by atoms with Crippen molar-refractivity contribution in [3.63, 3.8) is 0 Å². The number of piperidine rings is 1. The van der Waals surface area contributed by atoms with Gasteiger partial charge in [-0.3, -0.25) is 9.78 Å². The first-order valence-electron chi connectivity index (χ1n) is 8.20. The van der Waals surface area contributed by atoms with Crippen molar-refractivity contribution in [2.75, 3.05) is 26.3 Å². The average Bonchev–Trinajstić information content (AvgIpc) is 2.96. The lowest BCUT2D eigenvalue weighted by Crippen LogP contribution is -2.49. The summed E-state index contributed by atoms with van der Waals surface area (Å²) in [5, 5.41) is 3.77. The smallest absolute Gasteiger partial charge is 0.219 e. The van der Waals surface area contributed by atoms with E-state index in [0.29, 0.717) is 18.0 Å². The van der Waals surface area contributed by atoms with Gasteiger partial charge in [-0.25, -0.2) is 0 Å². The van der Waals surface area contributed by atoms with Crippen LogP contribution in [0.25, 0.3) is 0 Å². The molecule has 2 fully saturated rings. The van der Waals surface area contributed by atoms with Gasteiger partial charge in [0.15, 0.2) is 0 Å². The molecule has 0 unspecified atom stereocenters. The van der Waals surface area contributed by atoms with E-state index < -0.39 is 0 Å². The van der Waals surface area contributed by atoms with Crippen molar-refractivity contribution in [2.45, 2.75) is 38.3 Å². The summed E-state index contributed by atoms with van der Waals surface area (Å²) in [6.07, 6.45) is 6.82. The van der Waals surface area contributed by atoms with Crippen LogP contribution in [0, 0.1) is 5.92 Å². The van der Waals surface area contributed by atoms with Gasteiger partial charge < -0.3 is 15.0 Å². The number of amides is 1. The molecule has 1 N–H and O–H groups in total.